The average molecular weight is 450 g/mol. The molecule has 2 aromatic rings. The molecule has 1 aliphatic heterocycles. The van der Waals surface area contributed by atoms with Crippen molar-refractivity contribution < 1.29 is 18.0 Å². The lowest BCUT2D eigenvalue weighted by atomic mass is 9.99. The van der Waals surface area contributed by atoms with E-state index < -0.39 is 33.2 Å². The zero-order valence-corrected chi connectivity index (χ0v) is 19.0. The van der Waals surface area contributed by atoms with Crippen LogP contribution in [0.5, 0.6) is 0 Å². The van der Waals surface area contributed by atoms with Crippen LogP contribution in [0.25, 0.3) is 10.2 Å². The van der Waals surface area contributed by atoms with Crippen molar-refractivity contribution in [3.8, 4) is 0 Å². The van der Waals surface area contributed by atoms with Crippen LogP contribution in [-0.2, 0) is 26.0 Å². The molecule has 162 valence electrons. The van der Waals surface area contributed by atoms with E-state index in [1.165, 1.54) is 11.3 Å². The Morgan fingerprint density at radius 3 is 2.63 bits per heavy atom. The summed E-state index contributed by atoms with van der Waals surface area (Å²) in [7, 11) is -3.88. The van der Waals surface area contributed by atoms with Crippen LogP contribution in [0.3, 0.4) is 0 Å². The van der Waals surface area contributed by atoms with Gasteiger partial charge in [-0.05, 0) is 43.4 Å². The minimum atomic E-state index is -3.88. The lowest BCUT2D eigenvalue weighted by Gasteiger charge is -2.30. The second-order valence-corrected chi connectivity index (χ2v) is 10.9. The quantitative estimate of drug-likeness (QED) is 0.633. The Morgan fingerprint density at radius 1 is 1.27 bits per heavy atom. The number of allylic oxidation sites excluding steroid dienone is 1. The highest BCUT2D eigenvalue weighted by Crippen LogP contribution is 2.19. The molecular weight excluding hydrogens is 422 g/mol. The minimum Gasteiger partial charge on any atom is -0.342 e. The molecule has 0 atom stereocenters. The zero-order chi connectivity index (χ0) is 21.9. The number of nitrogens with zero attached hydrogens (tertiary/aromatic N) is 3. The summed E-state index contributed by atoms with van der Waals surface area (Å²) in [4.78, 5) is 30.8. The lowest BCUT2D eigenvalue weighted by molar-refractivity contribution is -0.129. The Morgan fingerprint density at radius 2 is 1.97 bits per heavy atom. The molecular formula is C21H27N3O4S2. The van der Waals surface area contributed by atoms with Crippen LogP contribution >= 0.6 is 11.3 Å². The van der Waals surface area contributed by atoms with E-state index in [2.05, 4.69) is 18.5 Å². The molecule has 9 heteroatoms. The Bertz CT molecular complexity index is 1140. The van der Waals surface area contributed by atoms with Gasteiger partial charge in [0.05, 0.1) is 10.2 Å². The van der Waals surface area contributed by atoms with Crippen molar-refractivity contribution in [2.75, 3.05) is 24.6 Å². The van der Waals surface area contributed by atoms with Crippen LogP contribution in [0.15, 0.2) is 35.8 Å². The van der Waals surface area contributed by atoms with Gasteiger partial charge in [0.25, 0.3) is 5.91 Å². The smallest absolute Gasteiger partial charge is 0.263 e. The summed E-state index contributed by atoms with van der Waals surface area (Å²) >= 11 is 1.33. The molecule has 0 aliphatic carbocycles. The van der Waals surface area contributed by atoms with Gasteiger partial charge < -0.3 is 9.47 Å². The number of carbonyl (C=O) groups excluding carboxylic acids is 2. The van der Waals surface area contributed by atoms with Gasteiger partial charge in [-0.2, -0.15) is 4.99 Å². The summed E-state index contributed by atoms with van der Waals surface area (Å²) < 4.78 is 27.6. The van der Waals surface area contributed by atoms with Gasteiger partial charge in [0.15, 0.2) is 14.6 Å². The molecule has 3 rings (SSSR count). The van der Waals surface area contributed by atoms with E-state index in [9.17, 15) is 18.0 Å². The molecule has 1 aliphatic rings. The number of likely N-dealkylation sites (tertiary alicyclic amines) is 1. The third kappa shape index (κ3) is 5.46. The number of rotatable bonds is 6. The first kappa shape index (κ1) is 22.4. The summed E-state index contributed by atoms with van der Waals surface area (Å²) in [6.45, 7) is 9.42. The molecule has 0 radical (unpaired) electrons. The molecule has 0 bridgehead atoms. The predicted octanol–water partition coefficient (Wildman–Crippen LogP) is 2.30. The van der Waals surface area contributed by atoms with Crippen molar-refractivity contribution in [1.82, 2.24) is 9.47 Å². The number of carbonyl (C=O) groups is 2. The predicted molar refractivity (Wildman–Crippen MR) is 119 cm³/mol. The van der Waals surface area contributed by atoms with Crippen LogP contribution < -0.4 is 4.80 Å². The van der Waals surface area contributed by atoms with Gasteiger partial charge in [-0.25, -0.2) is 8.42 Å². The monoisotopic (exact) mass is 449 g/mol. The maximum atomic E-state index is 12.4. The van der Waals surface area contributed by atoms with Crippen molar-refractivity contribution in [2.45, 2.75) is 33.2 Å². The molecule has 0 saturated carbocycles. The van der Waals surface area contributed by atoms with Crippen molar-refractivity contribution in [3.63, 3.8) is 0 Å². The van der Waals surface area contributed by atoms with Gasteiger partial charge in [0.1, 0.15) is 11.5 Å². The van der Waals surface area contributed by atoms with Crippen LogP contribution in [0, 0.1) is 12.8 Å². The number of aromatic nitrogens is 1. The van der Waals surface area contributed by atoms with E-state index in [0.717, 1.165) is 28.6 Å². The molecule has 1 saturated heterocycles. The number of piperidine rings is 1. The topological polar surface area (TPSA) is 88.8 Å². The van der Waals surface area contributed by atoms with Crippen LogP contribution in [0.2, 0.25) is 0 Å². The van der Waals surface area contributed by atoms with Crippen LogP contribution in [0.4, 0.5) is 0 Å². The standard InChI is InChI=1S/C21H27N3O4S2/c1-4-9-24-17-6-5-16(3)12-18(17)29-21(24)22-19(25)13-30(27,28)14-20(26)23-10-7-15(2)8-11-23/h4-6,12,15H,1,7-11,13-14H2,2-3H3. The second-order valence-electron chi connectivity index (χ2n) is 7.86. The molecule has 1 fully saturated rings. The summed E-state index contributed by atoms with van der Waals surface area (Å²) in [5.74, 6) is -2.09. The first-order valence-corrected chi connectivity index (χ1v) is 12.6. The van der Waals surface area contributed by atoms with E-state index in [0.29, 0.717) is 30.4 Å². The number of benzene rings is 1. The summed E-state index contributed by atoms with van der Waals surface area (Å²) in [5, 5.41) is 0. The van der Waals surface area contributed by atoms with Crippen molar-refractivity contribution >= 4 is 43.2 Å². The van der Waals surface area contributed by atoms with Gasteiger partial charge in [-0.3, -0.25) is 9.59 Å². The fraction of sp³-hybridized carbons (Fsp3) is 0.476. The number of hydrogen-bond acceptors (Lipinski definition) is 5. The van der Waals surface area contributed by atoms with Crippen molar-refractivity contribution in [3.05, 3.63) is 41.2 Å². The molecule has 0 N–H and O–H groups in total. The number of thiazole rings is 1. The average Bonchev–Trinajstić information content (AvgIpc) is 2.97. The fourth-order valence-electron chi connectivity index (χ4n) is 3.49. The number of fused-ring (bicyclic) bond motifs is 1. The normalized spacial score (nSPS) is 16.2. The molecule has 2 heterocycles. The summed E-state index contributed by atoms with van der Waals surface area (Å²) in [6, 6.07) is 5.92. The van der Waals surface area contributed by atoms with Crippen LogP contribution in [-0.4, -0.2) is 54.3 Å². The molecule has 1 aromatic heterocycles. The number of sulfone groups is 1. The van der Waals surface area contributed by atoms with E-state index in [1.807, 2.05) is 29.7 Å². The number of amides is 2. The van der Waals surface area contributed by atoms with E-state index in [4.69, 9.17) is 0 Å². The van der Waals surface area contributed by atoms with Crippen LogP contribution in [0.1, 0.15) is 25.3 Å². The Labute approximate surface area is 180 Å². The molecule has 30 heavy (non-hydrogen) atoms. The van der Waals surface area contributed by atoms with Gasteiger partial charge >= 0.3 is 0 Å². The van der Waals surface area contributed by atoms with E-state index >= 15 is 0 Å². The Hall–Kier alpha value is -2.26. The molecule has 0 spiro atoms. The number of aryl methyl sites for hydroxylation is 1. The first-order valence-electron chi connectivity index (χ1n) is 9.95. The molecule has 7 nitrogen and oxygen atoms in total. The molecule has 0 unspecified atom stereocenters. The zero-order valence-electron chi connectivity index (χ0n) is 17.3. The van der Waals surface area contributed by atoms with Gasteiger partial charge in [-0.15, -0.1) is 6.58 Å². The van der Waals surface area contributed by atoms with Crippen molar-refractivity contribution in [1.29, 1.82) is 0 Å². The molecule has 2 amide bonds. The summed E-state index contributed by atoms with van der Waals surface area (Å²) in [6.07, 6.45) is 3.44. The Balaban J connectivity index is 1.76. The highest BCUT2D eigenvalue weighted by molar-refractivity contribution is 7.92. The number of hydrogen-bond donors (Lipinski definition) is 0. The second kappa shape index (κ2) is 9.26. The van der Waals surface area contributed by atoms with Crippen molar-refractivity contribution in [2.24, 2.45) is 10.9 Å². The van der Waals surface area contributed by atoms with E-state index in [-0.39, 0.29) is 0 Å². The maximum absolute atomic E-state index is 12.4. The van der Waals surface area contributed by atoms with Gasteiger partial charge in [0.2, 0.25) is 5.91 Å². The van der Waals surface area contributed by atoms with Gasteiger partial charge in [0, 0.05) is 19.6 Å². The minimum absolute atomic E-state index is 0.423. The largest absolute Gasteiger partial charge is 0.342 e. The maximum Gasteiger partial charge on any atom is 0.263 e. The fourth-order valence-corrected chi connectivity index (χ4v) is 5.74. The highest BCUT2D eigenvalue weighted by atomic mass is 32.2. The third-order valence-electron chi connectivity index (χ3n) is 5.19. The van der Waals surface area contributed by atoms with Gasteiger partial charge in [-0.1, -0.05) is 30.4 Å². The van der Waals surface area contributed by atoms with E-state index in [1.54, 1.807) is 11.0 Å². The lowest BCUT2D eigenvalue weighted by Crippen LogP contribution is -2.41. The Kier molecular flexibility index (Phi) is 6.92. The first-order chi connectivity index (χ1) is 14.2. The summed E-state index contributed by atoms with van der Waals surface area (Å²) in [5.41, 5.74) is 2.00. The highest BCUT2D eigenvalue weighted by Gasteiger charge is 2.26. The SMILES string of the molecule is C=CCn1c(=NC(=O)CS(=O)(=O)CC(=O)N2CCC(C)CC2)sc2cc(C)ccc21. The third-order valence-corrected chi connectivity index (χ3v) is 7.61. The molecule has 1 aromatic carbocycles.